The van der Waals surface area contributed by atoms with Crippen LogP contribution in [0.1, 0.15) is 15.9 Å². The van der Waals surface area contributed by atoms with Crippen LogP contribution in [0.15, 0.2) is 36.5 Å². The molecule has 8 nitrogen and oxygen atoms in total. The van der Waals surface area contributed by atoms with Gasteiger partial charge < -0.3 is 15.5 Å². The molecular formula is C17H16F3N5O3. The first-order valence-electron chi connectivity index (χ1n) is 8.28. The van der Waals surface area contributed by atoms with Crippen LogP contribution in [0.5, 0.6) is 0 Å². The number of halogens is 3. The van der Waals surface area contributed by atoms with E-state index in [0.717, 1.165) is 18.3 Å². The second-order valence-electron chi connectivity index (χ2n) is 6.20. The van der Waals surface area contributed by atoms with Gasteiger partial charge in [0.05, 0.1) is 10.5 Å². The molecule has 11 heteroatoms. The minimum absolute atomic E-state index is 0.0445. The van der Waals surface area contributed by atoms with Gasteiger partial charge in [-0.1, -0.05) is 0 Å². The average molecular weight is 395 g/mol. The highest BCUT2D eigenvalue weighted by atomic mass is 19.4. The number of carbonyl (C=O) groups is 1. The van der Waals surface area contributed by atoms with Crippen LogP contribution in [0.3, 0.4) is 0 Å². The summed E-state index contributed by atoms with van der Waals surface area (Å²) in [5.74, 6) is -0.348. The van der Waals surface area contributed by atoms with Crippen LogP contribution in [0.4, 0.5) is 30.4 Å². The molecule has 148 valence electrons. The number of hydrogen-bond donors (Lipinski definition) is 1. The SMILES string of the molecule is NC(=O)c1ccc(N2CCN(c3ccc(C(F)(F)F)cn3)CC2)c([N+](=O)[O-])c1. The summed E-state index contributed by atoms with van der Waals surface area (Å²) in [4.78, 5) is 29.5. The van der Waals surface area contributed by atoms with Crippen LogP contribution < -0.4 is 15.5 Å². The zero-order valence-corrected chi connectivity index (χ0v) is 14.5. The van der Waals surface area contributed by atoms with E-state index >= 15 is 0 Å². The fourth-order valence-corrected chi connectivity index (χ4v) is 3.01. The number of hydrogen-bond acceptors (Lipinski definition) is 6. The van der Waals surface area contributed by atoms with Gasteiger partial charge in [-0.25, -0.2) is 4.98 Å². The van der Waals surface area contributed by atoms with Crippen molar-refractivity contribution in [2.45, 2.75) is 6.18 Å². The molecule has 0 aliphatic carbocycles. The van der Waals surface area contributed by atoms with Crippen LogP contribution in [0.2, 0.25) is 0 Å². The predicted octanol–water partition coefficient (Wildman–Crippen LogP) is 2.43. The Hall–Kier alpha value is -3.37. The van der Waals surface area contributed by atoms with E-state index in [2.05, 4.69) is 4.98 Å². The zero-order chi connectivity index (χ0) is 20.5. The number of rotatable bonds is 4. The lowest BCUT2D eigenvalue weighted by atomic mass is 10.1. The Morgan fingerprint density at radius 1 is 1.11 bits per heavy atom. The Bertz CT molecular complexity index is 894. The number of aromatic nitrogens is 1. The molecule has 1 fully saturated rings. The van der Waals surface area contributed by atoms with Crippen molar-refractivity contribution in [3.63, 3.8) is 0 Å². The third-order valence-corrected chi connectivity index (χ3v) is 4.48. The van der Waals surface area contributed by atoms with Crippen molar-refractivity contribution in [3.05, 3.63) is 57.8 Å². The maximum atomic E-state index is 12.6. The molecule has 1 aliphatic rings. The summed E-state index contributed by atoms with van der Waals surface area (Å²) in [6, 6.07) is 6.32. The Kier molecular flexibility index (Phi) is 5.08. The molecule has 2 heterocycles. The monoisotopic (exact) mass is 395 g/mol. The van der Waals surface area contributed by atoms with E-state index in [1.54, 1.807) is 9.80 Å². The van der Waals surface area contributed by atoms with E-state index in [4.69, 9.17) is 5.73 Å². The number of benzene rings is 1. The second kappa shape index (κ2) is 7.33. The molecule has 0 saturated carbocycles. The highest BCUT2D eigenvalue weighted by Crippen LogP contribution is 2.32. The number of pyridine rings is 1. The van der Waals surface area contributed by atoms with Crippen molar-refractivity contribution in [1.82, 2.24) is 4.98 Å². The lowest BCUT2D eigenvalue weighted by Crippen LogP contribution is -2.47. The van der Waals surface area contributed by atoms with E-state index in [9.17, 15) is 28.1 Å². The second-order valence-corrected chi connectivity index (χ2v) is 6.20. The molecule has 2 N–H and O–H groups in total. The first-order chi connectivity index (χ1) is 13.2. The smallest absolute Gasteiger partial charge is 0.366 e. The number of carbonyl (C=O) groups excluding carboxylic acids is 1. The van der Waals surface area contributed by atoms with Crippen molar-refractivity contribution in [3.8, 4) is 0 Å². The van der Waals surface area contributed by atoms with Crippen molar-refractivity contribution in [2.24, 2.45) is 5.73 Å². The number of nitrogens with zero attached hydrogens (tertiary/aromatic N) is 4. The van der Waals surface area contributed by atoms with E-state index in [1.165, 1.54) is 18.2 Å². The number of anilines is 2. The van der Waals surface area contributed by atoms with Crippen LogP contribution in [0.25, 0.3) is 0 Å². The molecule has 0 atom stereocenters. The van der Waals surface area contributed by atoms with Crippen LogP contribution in [-0.4, -0.2) is 42.0 Å². The first-order valence-corrected chi connectivity index (χ1v) is 8.28. The van der Waals surface area contributed by atoms with E-state index in [-0.39, 0.29) is 11.3 Å². The fraction of sp³-hybridized carbons (Fsp3) is 0.294. The molecule has 28 heavy (non-hydrogen) atoms. The van der Waals surface area contributed by atoms with E-state index in [1.807, 2.05) is 0 Å². The number of alkyl halides is 3. The third-order valence-electron chi connectivity index (χ3n) is 4.48. The van der Waals surface area contributed by atoms with Gasteiger partial charge in [0.25, 0.3) is 5.69 Å². The molecular weight excluding hydrogens is 379 g/mol. The summed E-state index contributed by atoms with van der Waals surface area (Å²) in [6.45, 7) is 1.65. The van der Waals surface area contributed by atoms with Crippen LogP contribution in [0, 0.1) is 10.1 Å². The molecule has 2 aromatic rings. The first kappa shape index (κ1) is 19.4. The summed E-state index contributed by atoms with van der Waals surface area (Å²) in [5, 5.41) is 11.4. The molecule has 1 aromatic carbocycles. The Morgan fingerprint density at radius 2 is 1.75 bits per heavy atom. The zero-order valence-electron chi connectivity index (χ0n) is 14.5. The number of nitro groups is 1. The number of primary amides is 1. The van der Waals surface area contributed by atoms with E-state index in [0.29, 0.717) is 37.7 Å². The fourth-order valence-electron chi connectivity index (χ4n) is 3.01. The van der Waals surface area contributed by atoms with Crippen molar-refractivity contribution >= 4 is 23.1 Å². The molecule has 0 unspecified atom stereocenters. The van der Waals surface area contributed by atoms with Gasteiger partial charge in [0, 0.05) is 44.0 Å². The van der Waals surface area contributed by atoms with Crippen molar-refractivity contribution in [1.29, 1.82) is 0 Å². The topological polar surface area (TPSA) is 106 Å². The van der Waals surface area contributed by atoms with Gasteiger partial charge in [-0.15, -0.1) is 0 Å². The normalized spacial score (nSPS) is 14.8. The summed E-state index contributed by atoms with van der Waals surface area (Å²) in [7, 11) is 0. The van der Waals surface area contributed by atoms with Gasteiger partial charge in [-0.2, -0.15) is 13.2 Å². The van der Waals surface area contributed by atoms with Gasteiger partial charge in [0.2, 0.25) is 5.91 Å². The number of nitrogens with two attached hydrogens (primary N) is 1. The number of nitro benzene ring substituents is 1. The third kappa shape index (κ3) is 3.97. The minimum Gasteiger partial charge on any atom is -0.366 e. The van der Waals surface area contributed by atoms with Crippen LogP contribution >= 0.6 is 0 Å². The molecule has 0 radical (unpaired) electrons. The maximum absolute atomic E-state index is 12.6. The van der Waals surface area contributed by atoms with Crippen molar-refractivity contribution < 1.29 is 22.9 Å². The molecule has 1 aliphatic heterocycles. The lowest BCUT2D eigenvalue weighted by Gasteiger charge is -2.36. The molecule has 1 aromatic heterocycles. The largest absolute Gasteiger partial charge is 0.417 e. The Labute approximate surface area is 157 Å². The van der Waals surface area contributed by atoms with Crippen LogP contribution in [-0.2, 0) is 6.18 Å². The standard InChI is InChI=1S/C17H16F3N5O3/c18-17(19,20)12-2-4-15(22-10-12)24-7-5-23(6-8-24)13-3-1-11(16(21)26)9-14(13)25(27)28/h1-4,9-10H,5-8H2,(H2,21,26). The average Bonchev–Trinajstić information content (AvgIpc) is 2.67. The summed E-state index contributed by atoms with van der Waals surface area (Å²) in [6.07, 6.45) is -3.66. The number of amides is 1. The van der Waals surface area contributed by atoms with E-state index < -0.39 is 22.6 Å². The summed E-state index contributed by atoms with van der Waals surface area (Å²) < 4.78 is 37.9. The highest BCUT2D eigenvalue weighted by molar-refractivity contribution is 5.94. The molecule has 1 saturated heterocycles. The number of piperazine rings is 1. The Morgan fingerprint density at radius 3 is 2.25 bits per heavy atom. The maximum Gasteiger partial charge on any atom is 0.417 e. The van der Waals surface area contributed by atoms with Gasteiger partial charge in [0.1, 0.15) is 11.5 Å². The summed E-state index contributed by atoms with van der Waals surface area (Å²) in [5.41, 5.74) is 4.53. The van der Waals surface area contributed by atoms with Gasteiger partial charge in [0.15, 0.2) is 0 Å². The summed E-state index contributed by atoms with van der Waals surface area (Å²) >= 11 is 0. The highest BCUT2D eigenvalue weighted by Gasteiger charge is 2.31. The molecule has 0 bridgehead atoms. The Balaban J connectivity index is 1.73. The van der Waals surface area contributed by atoms with Gasteiger partial charge in [-0.3, -0.25) is 14.9 Å². The van der Waals surface area contributed by atoms with Gasteiger partial charge in [-0.05, 0) is 24.3 Å². The molecule has 0 spiro atoms. The van der Waals surface area contributed by atoms with Crippen molar-refractivity contribution in [2.75, 3.05) is 36.0 Å². The lowest BCUT2D eigenvalue weighted by molar-refractivity contribution is -0.384. The minimum atomic E-state index is -4.44. The van der Waals surface area contributed by atoms with Gasteiger partial charge >= 0.3 is 6.18 Å². The predicted molar refractivity (Wildman–Crippen MR) is 95.3 cm³/mol. The molecule has 3 rings (SSSR count). The molecule has 1 amide bonds. The quantitative estimate of drug-likeness (QED) is 0.630.